The Hall–Kier alpha value is -0.610. The number of piperazine rings is 1. The van der Waals surface area contributed by atoms with Gasteiger partial charge in [-0.05, 0) is 34.7 Å². The summed E-state index contributed by atoms with van der Waals surface area (Å²) in [7, 11) is 3.61. The van der Waals surface area contributed by atoms with Crippen LogP contribution in [-0.4, -0.2) is 61.6 Å². The highest BCUT2D eigenvalue weighted by Crippen LogP contribution is 2.24. The van der Waals surface area contributed by atoms with Gasteiger partial charge in [0.15, 0.2) is 0 Å². The standard InChI is InChI=1S/C13H26N2O2/c1-12(2,11(16)17-6)9-15-8-7-14(5)13(3,4)10-15/h7-10H2,1-6H3. The van der Waals surface area contributed by atoms with Gasteiger partial charge in [-0.2, -0.15) is 0 Å². The molecular formula is C13H26N2O2. The summed E-state index contributed by atoms with van der Waals surface area (Å²) in [6.45, 7) is 12.2. The van der Waals surface area contributed by atoms with Crippen LogP contribution in [0.3, 0.4) is 0 Å². The molecule has 1 aliphatic rings. The van der Waals surface area contributed by atoms with Gasteiger partial charge in [0.25, 0.3) is 0 Å². The Morgan fingerprint density at radius 2 is 1.94 bits per heavy atom. The van der Waals surface area contributed by atoms with E-state index in [4.69, 9.17) is 4.74 Å². The molecule has 1 rings (SSSR count). The maximum atomic E-state index is 11.7. The molecule has 0 unspecified atom stereocenters. The lowest BCUT2D eigenvalue weighted by Gasteiger charge is -2.46. The highest BCUT2D eigenvalue weighted by molar-refractivity contribution is 5.76. The molecule has 4 nitrogen and oxygen atoms in total. The predicted molar refractivity (Wildman–Crippen MR) is 68.9 cm³/mol. The molecule has 1 fully saturated rings. The summed E-state index contributed by atoms with van der Waals surface area (Å²) in [4.78, 5) is 16.4. The largest absolute Gasteiger partial charge is 0.469 e. The number of ether oxygens (including phenoxy) is 1. The van der Waals surface area contributed by atoms with E-state index in [0.717, 1.165) is 26.2 Å². The van der Waals surface area contributed by atoms with Crippen molar-refractivity contribution in [1.82, 2.24) is 9.80 Å². The molecule has 0 aromatic heterocycles. The first kappa shape index (κ1) is 14.5. The zero-order valence-corrected chi connectivity index (χ0v) is 12.0. The summed E-state index contributed by atoms with van der Waals surface area (Å²) in [6.07, 6.45) is 0. The monoisotopic (exact) mass is 242 g/mol. The van der Waals surface area contributed by atoms with Crippen LogP contribution in [0.1, 0.15) is 27.7 Å². The van der Waals surface area contributed by atoms with Crippen LogP contribution in [0.5, 0.6) is 0 Å². The zero-order chi connectivity index (χ0) is 13.3. The van der Waals surface area contributed by atoms with Crippen molar-refractivity contribution >= 4 is 5.97 Å². The van der Waals surface area contributed by atoms with E-state index < -0.39 is 5.41 Å². The Morgan fingerprint density at radius 3 is 2.41 bits per heavy atom. The molecular weight excluding hydrogens is 216 g/mol. The molecule has 0 aliphatic carbocycles. The second-order valence-corrected chi connectivity index (χ2v) is 6.32. The number of hydrogen-bond acceptors (Lipinski definition) is 4. The van der Waals surface area contributed by atoms with Gasteiger partial charge in [-0.3, -0.25) is 14.6 Å². The van der Waals surface area contributed by atoms with Crippen LogP contribution in [0.25, 0.3) is 0 Å². The maximum absolute atomic E-state index is 11.7. The van der Waals surface area contributed by atoms with Gasteiger partial charge in [0.2, 0.25) is 0 Å². The van der Waals surface area contributed by atoms with Gasteiger partial charge in [0.1, 0.15) is 0 Å². The Morgan fingerprint density at radius 1 is 1.35 bits per heavy atom. The fraction of sp³-hybridized carbons (Fsp3) is 0.923. The normalized spacial score (nSPS) is 22.5. The van der Waals surface area contributed by atoms with E-state index >= 15 is 0 Å². The third-order valence-corrected chi connectivity index (χ3v) is 3.75. The zero-order valence-electron chi connectivity index (χ0n) is 12.0. The average Bonchev–Trinajstić information content (AvgIpc) is 2.21. The first-order valence-corrected chi connectivity index (χ1v) is 6.21. The third kappa shape index (κ3) is 3.42. The first-order valence-electron chi connectivity index (χ1n) is 6.21. The maximum Gasteiger partial charge on any atom is 0.312 e. The Kier molecular flexibility index (Phi) is 4.20. The molecule has 1 aliphatic heterocycles. The van der Waals surface area contributed by atoms with Gasteiger partial charge in [-0.25, -0.2) is 0 Å². The molecule has 0 amide bonds. The molecule has 1 heterocycles. The molecule has 0 atom stereocenters. The van der Waals surface area contributed by atoms with Crippen LogP contribution in [0.4, 0.5) is 0 Å². The summed E-state index contributed by atoms with van der Waals surface area (Å²) < 4.78 is 4.85. The van der Waals surface area contributed by atoms with Crippen LogP contribution in [0.2, 0.25) is 0 Å². The second kappa shape index (κ2) is 4.94. The second-order valence-electron chi connectivity index (χ2n) is 6.32. The molecule has 0 spiro atoms. The van der Waals surface area contributed by atoms with E-state index in [-0.39, 0.29) is 11.5 Å². The highest BCUT2D eigenvalue weighted by Gasteiger charge is 2.36. The smallest absolute Gasteiger partial charge is 0.312 e. The van der Waals surface area contributed by atoms with Crippen LogP contribution in [0.15, 0.2) is 0 Å². The molecule has 100 valence electrons. The van der Waals surface area contributed by atoms with Crippen molar-refractivity contribution < 1.29 is 9.53 Å². The summed E-state index contributed by atoms with van der Waals surface area (Å²) in [5.74, 6) is -0.130. The number of hydrogen-bond donors (Lipinski definition) is 0. The van der Waals surface area contributed by atoms with Crippen LogP contribution in [0, 0.1) is 5.41 Å². The lowest BCUT2D eigenvalue weighted by Crippen LogP contribution is -2.59. The minimum absolute atomic E-state index is 0.130. The molecule has 0 saturated carbocycles. The van der Waals surface area contributed by atoms with Crippen molar-refractivity contribution in [3.05, 3.63) is 0 Å². The van der Waals surface area contributed by atoms with Crippen molar-refractivity contribution in [3.8, 4) is 0 Å². The summed E-state index contributed by atoms with van der Waals surface area (Å²) in [5.41, 5.74) is -0.259. The van der Waals surface area contributed by atoms with E-state index in [1.807, 2.05) is 13.8 Å². The number of likely N-dealkylation sites (N-methyl/N-ethyl adjacent to an activating group) is 1. The fourth-order valence-corrected chi connectivity index (χ4v) is 2.38. The van der Waals surface area contributed by atoms with E-state index in [9.17, 15) is 4.79 Å². The third-order valence-electron chi connectivity index (χ3n) is 3.75. The number of carbonyl (C=O) groups is 1. The van der Waals surface area contributed by atoms with Gasteiger partial charge in [-0.15, -0.1) is 0 Å². The average molecular weight is 242 g/mol. The Labute approximate surface area is 105 Å². The highest BCUT2D eigenvalue weighted by atomic mass is 16.5. The lowest BCUT2D eigenvalue weighted by molar-refractivity contribution is -0.152. The Balaban J connectivity index is 2.62. The topological polar surface area (TPSA) is 32.8 Å². The van der Waals surface area contributed by atoms with Crippen molar-refractivity contribution in [3.63, 3.8) is 0 Å². The number of rotatable bonds is 3. The van der Waals surface area contributed by atoms with Crippen LogP contribution < -0.4 is 0 Å². The molecule has 17 heavy (non-hydrogen) atoms. The quantitative estimate of drug-likeness (QED) is 0.697. The van der Waals surface area contributed by atoms with E-state index in [1.165, 1.54) is 7.11 Å². The summed E-state index contributed by atoms with van der Waals surface area (Å²) in [5, 5.41) is 0. The fourth-order valence-electron chi connectivity index (χ4n) is 2.38. The van der Waals surface area contributed by atoms with Gasteiger partial charge in [-0.1, -0.05) is 0 Å². The molecule has 0 N–H and O–H groups in total. The predicted octanol–water partition coefficient (Wildman–Crippen LogP) is 1.21. The van der Waals surface area contributed by atoms with Crippen molar-refractivity contribution in [2.75, 3.05) is 40.3 Å². The van der Waals surface area contributed by atoms with Crippen molar-refractivity contribution in [2.45, 2.75) is 33.2 Å². The number of nitrogens with zero attached hydrogens (tertiary/aromatic N) is 2. The number of methoxy groups -OCH3 is 1. The molecule has 0 aromatic rings. The molecule has 0 radical (unpaired) electrons. The minimum atomic E-state index is -0.430. The molecule has 4 heteroatoms. The first-order chi connectivity index (χ1) is 7.69. The van der Waals surface area contributed by atoms with E-state index in [1.54, 1.807) is 0 Å². The van der Waals surface area contributed by atoms with Gasteiger partial charge >= 0.3 is 5.97 Å². The summed E-state index contributed by atoms with van der Waals surface area (Å²) in [6, 6.07) is 0. The number of carbonyl (C=O) groups excluding carboxylic acids is 1. The Bertz CT molecular complexity index is 287. The summed E-state index contributed by atoms with van der Waals surface area (Å²) >= 11 is 0. The minimum Gasteiger partial charge on any atom is -0.469 e. The lowest BCUT2D eigenvalue weighted by atomic mass is 9.91. The van der Waals surface area contributed by atoms with Gasteiger partial charge < -0.3 is 4.74 Å². The van der Waals surface area contributed by atoms with Crippen molar-refractivity contribution in [2.24, 2.45) is 5.41 Å². The molecule has 0 bridgehead atoms. The van der Waals surface area contributed by atoms with Crippen LogP contribution >= 0.6 is 0 Å². The molecule has 0 aromatic carbocycles. The van der Waals surface area contributed by atoms with Crippen LogP contribution in [-0.2, 0) is 9.53 Å². The van der Waals surface area contributed by atoms with E-state index in [0.29, 0.717) is 0 Å². The SMILES string of the molecule is COC(=O)C(C)(C)CN1CCN(C)C(C)(C)C1. The van der Waals surface area contributed by atoms with Gasteiger partial charge in [0.05, 0.1) is 12.5 Å². The van der Waals surface area contributed by atoms with E-state index in [2.05, 4.69) is 30.7 Å². The molecule has 1 saturated heterocycles. The van der Waals surface area contributed by atoms with Crippen molar-refractivity contribution in [1.29, 1.82) is 0 Å². The number of esters is 1. The van der Waals surface area contributed by atoms with Gasteiger partial charge in [0, 0.05) is 31.7 Å².